The first-order chi connectivity index (χ1) is 15.1. The quantitative estimate of drug-likeness (QED) is 0.395. The SMILES string of the molecule is CCOC(=O)c1c(NC(=O)/C(C#N)=C/c2ccc(OCC#N)cc2)sc2c1CCCC2. The average molecular weight is 436 g/mol. The standard InChI is InChI=1S/C23H21N3O4S/c1-2-29-23(28)20-18-5-3-4-6-19(18)31-22(20)26-21(27)16(14-25)13-15-7-9-17(10-8-15)30-12-11-24/h7-10,13H,2-6,12H2,1H3,(H,26,27)/b16-13+. The highest BCUT2D eigenvalue weighted by atomic mass is 32.1. The van der Waals surface area contributed by atoms with Crippen molar-refractivity contribution in [1.29, 1.82) is 10.5 Å². The van der Waals surface area contributed by atoms with Gasteiger partial charge in [-0.25, -0.2) is 4.79 Å². The van der Waals surface area contributed by atoms with E-state index in [1.807, 2.05) is 12.1 Å². The molecule has 0 unspecified atom stereocenters. The molecule has 1 N–H and O–H groups in total. The van der Waals surface area contributed by atoms with Crippen LogP contribution >= 0.6 is 11.3 Å². The molecule has 0 saturated carbocycles. The van der Waals surface area contributed by atoms with Gasteiger partial charge in [-0.05, 0) is 61.9 Å². The van der Waals surface area contributed by atoms with E-state index in [2.05, 4.69) is 5.32 Å². The van der Waals surface area contributed by atoms with Gasteiger partial charge in [0.2, 0.25) is 0 Å². The number of hydrogen-bond donors (Lipinski definition) is 1. The first kappa shape index (κ1) is 22.1. The number of ether oxygens (including phenoxy) is 2. The van der Waals surface area contributed by atoms with E-state index in [0.717, 1.165) is 36.1 Å². The maximum atomic E-state index is 12.8. The number of nitrogens with zero attached hydrogens (tertiary/aromatic N) is 2. The highest BCUT2D eigenvalue weighted by Gasteiger charge is 2.27. The smallest absolute Gasteiger partial charge is 0.341 e. The molecule has 0 radical (unpaired) electrons. The number of benzene rings is 1. The highest BCUT2D eigenvalue weighted by molar-refractivity contribution is 7.17. The van der Waals surface area contributed by atoms with Crippen molar-refractivity contribution in [2.24, 2.45) is 0 Å². The number of nitriles is 2. The van der Waals surface area contributed by atoms with Crippen molar-refractivity contribution in [1.82, 2.24) is 0 Å². The van der Waals surface area contributed by atoms with Crippen LogP contribution in [0.5, 0.6) is 5.75 Å². The molecule has 31 heavy (non-hydrogen) atoms. The molecule has 1 heterocycles. The summed E-state index contributed by atoms with van der Waals surface area (Å²) in [5.41, 5.74) is 1.89. The summed E-state index contributed by atoms with van der Waals surface area (Å²) in [5.74, 6) is -0.519. The Kier molecular flexibility index (Phi) is 7.42. The molecule has 158 valence electrons. The summed E-state index contributed by atoms with van der Waals surface area (Å²) in [6.45, 7) is 1.92. The number of esters is 1. The average Bonchev–Trinajstić information content (AvgIpc) is 3.14. The molecule has 0 aliphatic heterocycles. The van der Waals surface area contributed by atoms with E-state index in [4.69, 9.17) is 14.7 Å². The molecule has 1 aromatic carbocycles. The number of rotatable bonds is 7. The molecule has 2 aromatic rings. The Morgan fingerprint density at radius 1 is 1.19 bits per heavy atom. The van der Waals surface area contributed by atoms with Gasteiger partial charge in [-0.3, -0.25) is 4.79 Å². The molecule has 0 spiro atoms. The third-order valence-electron chi connectivity index (χ3n) is 4.74. The topological polar surface area (TPSA) is 112 Å². The molecule has 0 atom stereocenters. The number of carbonyl (C=O) groups excluding carboxylic acids is 2. The van der Waals surface area contributed by atoms with Gasteiger partial charge < -0.3 is 14.8 Å². The third-order valence-corrected chi connectivity index (χ3v) is 5.94. The van der Waals surface area contributed by atoms with Gasteiger partial charge in [0, 0.05) is 4.88 Å². The fourth-order valence-electron chi connectivity index (χ4n) is 3.33. The molecule has 7 nitrogen and oxygen atoms in total. The minimum Gasteiger partial charge on any atom is -0.479 e. The summed E-state index contributed by atoms with van der Waals surface area (Å²) in [5, 5.41) is 21.2. The minimum atomic E-state index is -0.587. The molecule has 8 heteroatoms. The van der Waals surface area contributed by atoms with Crippen LogP contribution in [0, 0.1) is 22.7 Å². The highest BCUT2D eigenvalue weighted by Crippen LogP contribution is 2.38. The van der Waals surface area contributed by atoms with Gasteiger partial charge in [-0.2, -0.15) is 10.5 Å². The van der Waals surface area contributed by atoms with Gasteiger partial charge in [0.1, 0.15) is 28.5 Å². The molecule has 1 aliphatic rings. The van der Waals surface area contributed by atoms with Crippen LogP contribution in [-0.4, -0.2) is 25.1 Å². The second kappa shape index (κ2) is 10.4. The normalized spacial score (nSPS) is 12.8. The Morgan fingerprint density at radius 2 is 1.94 bits per heavy atom. The van der Waals surface area contributed by atoms with Gasteiger partial charge in [-0.15, -0.1) is 11.3 Å². The van der Waals surface area contributed by atoms with Crippen LogP contribution in [0.4, 0.5) is 5.00 Å². The van der Waals surface area contributed by atoms with Crippen molar-refractivity contribution in [3.05, 3.63) is 51.4 Å². The lowest BCUT2D eigenvalue weighted by Crippen LogP contribution is -2.16. The van der Waals surface area contributed by atoms with Crippen LogP contribution < -0.4 is 10.1 Å². The summed E-state index contributed by atoms with van der Waals surface area (Å²) in [7, 11) is 0. The first-order valence-electron chi connectivity index (χ1n) is 9.92. The Bertz CT molecular complexity index is 1090. The predicted molar refractivity (Wildman–Crippen MR) is 117 cm³/mol. The van der Waals surface area contributed by atoms with Crippen LogP contribution in [0.2, 0.25) is 0 Å². The molecule has 3 rings (SSSR count). The third kappa shape index (κ3) is 5.30. The van der Waals surface area contributed by atoms with Crippen LogP contribution in [0.3, 0.4) is 0 Å². The minimum absolute atomic E-state index is 0.0609. The van der Waals surface area contributed by atoms with E-state index >= 15 is 0 Å². The van der Waals surface area contributed by atoms with Crippen LogP contribution in [0.25, 0.3) is 6.08 Å². The molecule has 1 amide bonds. The molecule has 1 aliphatic carbocycles. The monoisotopic (exact) mass is 435 g/mol. The zero-order valence-electron chi connectivity index (χ0n) is 17.1. The van der Waals surface area contributed by atoms with Crippen LogP contribution in [0.15, 0.2) is 29.8 Å². The van der Waals surface area contributed by atoms with E-state index in [1.54, 1.807) is 31.2 Å². The van der Waals surface area contributed by atoms with Crippen molar-refractivity contribution in [3.8, 4) is 17.9 Å². The fourth-order valence-corrected chi connectivity index (χ4v) is 4.61. The number of fused-ring (bicyclic) bond motifs is 1. The van der Waals surface area contributed by atoms with Crippen molar-refractivity contribution in [3.63, 3.8) is 0 Å². The number of anilines is 1. The lowest BCUT2D eigenvalue weighted by molar-refractivity contribution is -0.112. The van der Waals surface area contributed by atoms with Crippen molar-refractivity contribution >= 4 is 34.3 Å². The second-order valence-corrected chi connectivity index (χ2v) is 7.88. The number of thiophene rings is 1. The van der Waals surface area contributed by atoms with E-state index in [1.165, 1.54) is 17.4 Å². The lowest BCUT2D eigenvalue weighted by atomic mass is 9.95. The Balaban J connectivity index is 1.83. The molecule has 1 aromatic heterocycles. The molecule has 0 saturated heterocycles. The fraction of sp³-hybridized carbons (Fsp3) is 0.304. The maximum Gasteiger partial charge on any atom is 0.341 e. The predicted octanol–water partition coefficient (Wildman–Crippen LogP) is 4.25. The lowest BCUT2D eigenvalue weighted by Gasteiger charge is -2.12. The molecular weight excluding hydrogens is 414 g/mol. The summed E-state index contributed by atoms with van der Waals surface area (Å²) in [6.07, 6.45) is 5.13. The first-order valence-corrected chi connectivity index (χ1v) is 10.7. The van der Waals surface area contributed by atoms with E-state index < -0.39 is 11.9 Å². The van der Waals surface area contributed by atoms with E-state index in [0.29, 0.717) is 21.9 Å². The van der Waals surface area contributed by atoms with Gasteiger partial charge in [0.05, 0.1) is 12.2 Å². The number of aryl methyl sites for hydroxylation is 1. The molecular formula is C23H21N3O4S. The largest absolute Gasteiger partial charge is 0.479 e. The zero-order chi connectivity index (χ0) is 22.2. The summed E-state index contributed by atoms with van der Waals surface area (Å²) in [4.78, 5) is 26.4. The number of carbonyl (C=O) groups is 2. The number of nitrogens with one attached hydrogen (secondary N) is 1. The van der Waals surface area contributed by atoms with E-state index in [9.17, 15) is 14.9 Å². The summed E-state index contributed by atoms with van der Waals surface area (Å²) < 4.78 is 10.4. The van der Waals surface area contributed by atoms with Crippen molar-refractivity contribution in [2.45, 2.75) is 32.6 Å². The Hall–Kier alpha value is -3.62. The molecule has 0 fully saturated rings. The van der Waals surface area contributed by atoms with Crippen LogP contribution in [-0.2, 0) is 22.4 Å². The van der Waals surface area contributed by atoms with Crippen molar-refractivity contribution in [2.75, 3.05) is 18.5 Å². The van der Waals surface area contributed by atoms with Gasteiger partial charge in [-0.1, -0.05) is 12.1 Å². The summed E-state index contributed by atoms with van der Waals surface area (Å²) >= 11 is 1.38. The van der Waals surface area contributed by atoms with Crippen LogP contribution in [0.1, 0.15) is 46.1 Å². The van der Waals surface area contributed by atoms with Gasteiger partial charge in [0.15, 0.2) is 6.61 Å². The van der Waals surface area contributed by atoms with Crippen molar-refractivity contribution < 1.29 is 19.1 Å². The number of amides is 1. The molecule has 0 bridgehead atoms. The maximum absolute atomic E-state index is 12.8. The second-order valence-electron chi connectivity index (χ2n) is 6.78. The number of hydrogen-bond acceptors (Lipinski definition) is 7. The Labute approximate surface area is 184 Å². The van der Waals surface area contributed by atoms with Gasteiger partial charge >= 0.3 is 5.97 Å². The van der Waals surface area contributed by atoms with E-state index in [-0.39, 0.29) is 18.8 Å². The van der Waals surface area contributed by atoms with Gasteiger partial charge in [0.25, 0.3) is 5.91 Å². The zero-order valence-corrected chi connectivity index (χ0v) is 17.9. The Morgan fingerprint density at radius 3 is 2.61 bits per heavy atom. The summed E-state index contributed by atoms with van der Waals surface area (Å²) in [6, 6.07) is 10.5.